The van der Waals surface area contributed by atoms with Gasteiger partial charge in [0.15, 0.2) is 0 Å². The average Bonchev–Trinajstić information content (AvgIpc) is 2.97. The smallest absolute Gasteiger partial charge is 0.315 e. The Morgan fingerprint density at radius 2 is 2.05 bits per heavy atom. The van der Waals surface area contributed by atoms with Gasteiger partial charge in [0.25, 0.3) is 0 Å². The zero-order chi connectivity index (χ0) is 14.4. The summed E-state index contributed by atoms with van der Waals surface area (Å²) in [5.74, 6) is 0.659. The van der Waals surface area contributed by atoms with Crippen molar-refractivity contribution in [1.29, 1.82) is 0 Å². The van der Waals surface area contributed by atoms with Crippen molar-refractivity contribution < 1.29 is 14.3 Å². The standard InChI is InChI=1S/C14H15ClN2O3/c15-11-5-3-10(4-6-11)13(9-18)17-14(19)16-8-12-2-1-7-20-12/h1-7,13,18H,8-9H2,(H2,16,17,19). The number of hydrogen-bond donors (Lipinski definition) is 3. The van der Waals surface area contributed by atoms with E-state index in [0.717, 1.165) is 5.56 Å². The quantitative estimate of drug-likeness (QED) is 0.793. The fourth-order valence-corrected chi connectivity index (χ4v) is 1.85. The largest absolute Gasteiger partial charge is 0.467 e. The summed E-state index contributed by atoms with van der Waals surface area (Å²) in [4.78, 5) is 11.7. The Balaban J connectivity index is 1.89. The van der Waals surface area contributed by atoms with Gasteiger partial charge < -0.3 is 20.2 Å². The van der Waals surface area contributed by atoms with Gasteiger partial charge in [0.05, 0.1) is 25.5 Å². The number of aliphatic hydroxyl groups excluding tert-OH is 1. The molecule has 0 saturated carbocycles. The summed E-state index contributed by atoms with van der Waals surface area (Å²) in [6.07, 6.45) is 1.54. The molecular formula is C14H15ClN2O3. The number of carbonyl (C=O) groups is 1. The number of hydrogen-bond acceptors (Lipinski definition) is 3. The molecule has 2 aromatic rings. The van der Waals surface area contributed by atoms with Gasteiger partial charge in [-0.3, -0.25) is 0 Å². The molecule has 6 heteroatoms. The van der Waals surface area contributed by atoms with Gasteiger partial charge in [-0.2, -0.15) is 0 Å². The fraction of sp³-hybridized carbons (Fsp3) is 0.214. The lowest BCUT2D eigenvalue weighted by Gasteiger charge is -2.17. The Labute approximate surface area is 121 Å². The van der Waals surface area contributed by atoms with E-state index in [9.17, 15) is 9.90 Å². The van der Waals surface area contributed by atoms with Crippen molar-refractivity contribution in [3.63, 3.8) is 0 Å². The normalized spacial score (nSPS) is 11.9. The Morgan fingerprint density at radius 3 is 2.65 bits per heavy atom. The first-order valence-corrected chi connectivity index (χ1v) is 6.50. The van der Waals surface area contributed by atoms with Gasteiger partial charge in [-0.1, -0.05) is 23.7 Å². The molecule has 0 fully saturated rings. The Morgan fingerprint density at radius 1 is 1.30 bits per heavy atom. The first-order valence-electron chi connectivity index (χ1n) is 6.12. The maximum atomic E-state index is 11.7. The number of amides is 2. The van der Waals surface area contributed by atoms with Gasteiger partial charge in [-0.05, 0) is 29.8 Å². The molecule has 1 atom stereocenters. The third kappa shape index (κ3) is 4.01. The molecule has 3 N–H and O–H groups in total. The van der Waals surface area contributed by atoms with Gasteiger partial charge in [-0.25, -0.2) is 4.79 Å². The summed E-state index contributed by atoms with van der Waals surface area (Å²) in [5, 5.41) is 15.3. The maximum absolute atomic E-state index is 11.7. The third-order valence-electron chi connectivity index (χ3n) is 2.76. The molecule has 1 unspecified atom stereocenters. The Kier molecular flexibility index (Phi) is 5.03. The lowest BCUT2D eigenvalue weighted by atomic mass is 10.1. The number of urea groups is 1. The molecule has 0 saturated heterocycles. The zero-order valence-electron chi connectivity index (χ0n) is 10.7. The van der Waals surface area contributed by atoms with E-state index in [2.05, 4.69) is 10.6 Å². The van der Waals surface area contributed by atoms with Crippen molar-refractivity contribution in [2.45, 2.75) is 12.6 Å². The van der Waals surface area contributed by atoms with E-state index in [0.29, 0.717) is 10.8 Å². The number of halogens is 1. The number of carbonyl (C=O) groups excluding carboxylic acids is 1. The molecule has 0 aliphatic rings. The van der Waals surface area contributed by atoms with Crippen molar-refractivity contribution in [1.82, 2.24) is 10.6 Å². The van der Waals surface area contributed by atoms with E-state index >= 15 is 0 Å². The number of nitrogens with one attached hydrogen (secondary N) is 2. The lowest BCUT2D eigenvalue weighted by molar-refractivity contribution is 0.216. The third-order valence-corrected chi connectivity index (χ3v) is 3.02. The SMILES string of the molecule is O=C(NCc1ccco1)NC(CO)c1ccc(Cl)cc1. The highest BCUT2D eigenvalue weighted by Crippen LogP contribution is 2.16. The molecule has 2 amide bonds. The highest BCUT2D eigenvalue weighted by Gasteiger charge is 2.13. The Hall–Kier alpha value is -1.98. The molecule has 0 spiro atoms. The first-order chi connectivity index (χ1) is 9.69. The van der Waals surface area contributed by atoms with E-state index in [1.54, 1.807) is 42.7 Å². The molecule has 106 valence electrons. The van der Waals surface area contributed by atoms with Crippen LogP contribution in [0.2, 0.25) is 5.02 Å². The first kappa shape index (κ1) is 14.4. The van der Waals surface area contributed by atoms with Gasteiger partial charge in [-0.15, -0.1) is 0 Å². The molecule has 0 radical (unpaired) electrons. The predicted octanol–water partition coefficient (Wildman–Crippen LogP) is 2.47. The molecule has 5 nitrogen and oxygen atoms in total. The summed E-state index contributed by atoms with van der Waals surface area (Å²) < 4.78 is 5.11. The van der Waals surface area contributed by atoms with Crippen LogP contribution in [0, 0.1) is 0 Å². The summed E-state index contributed by atoms with van der Waals surface area (Å²) in [6.45, 7) is 0.0907. The molecule has 20 heavy (non-hydrogen) atoms. The second-order valence-electron chi connectivity index (χ2n) is 4.19. The average molecular weight is 295 g/mol. The van der Waals surface area contributed by atoms with Crippen LogP contribution in [0.15, 0.2) is 47.1 Å². The fourth-order valence-electron chi connectivity index (χ4n) is 1.72. The second kappa shape index (κ2) is 6.98. The minimum absolute atomic E-state index is 0.199. The number of furan rings is 1. The van der Waals surface area contributed by atoms with Gasteiger partial charge in [0, 0.05) is 5.02 Å². The van der Waals surface area contributed by atoms with Crippen LogP contribution in [0.4, 0.5) is 4.79 Å². The summed E-state index contributed by atoms with van der Waals surface area (Å²) >= 11 is 5.80. The molecule has 1 aromatic carbocycles. The molecular weight excluding hydrogens is 280 g/mol. The molecule has 0 aliphatic heterocycles. The highest BCUT2D eigenvalue weighted by atomic mass is 35.5. The minimum Gasteiger partial charge on any atom is -0.467 e. The van der Waals surface area contributed by atoms with Crippen LogP contribution in [0.1, 0.15) is 17.4 Å². The van der Waals surface area contributed by atoms with Crippen LogP contribution < -0.4 is 10.6 Å². The molecule has 1 aromatic heterocycles. The van der Waals surface area contributed by atoms with Crippen molar-refractivity contribution >= 4 is 17.6 Å². The highest BCUT2D eigenvalue weighted by molar-refractivity contribution is 6.30. The van der Waals surface area contributed by atoms with Crippen LogP contribution in [-0.4, -0.2) is 17.7 Å². The topological polar surface area (TPSA) is 74.5 Å². The van der Waals surface area contributed by atoms with Crippen molar-refractivity contribution in [3.8, 4) is 0 Å². The second-order valence-corrected chi connectivity index (χ2v) is 4.63. The lowest BCUT2D eigenvalue weighted by Crippen LogP contribution is -2.38. The van der Waals surface area contributed by atoms with E-state index in [1.165, 1.54) is 0 Å². The van der Waals surface area contributed by atoms with Crippen molar-refractivity contribution in [2.24, 2.45) is 0 Å². The van der Waals surface area contributed by atoms with Crippen LogP contribution in [-0.2, 0) is 6.54 Å². The monoisotopic (exact) mass is 294 g/mol. The summed E-state index contributed by atoms with van der Waals surface area (Å²) in [5.41, 5.74) is 0.782. The van der Waals surface area contributed by atoms with E-state index in [4.69, 9.17) is 16.0 Å². The maximum Gasteiger partial charge on any atom is 0.315 e. The number of benzene rings is 1. The zero-order valence-corrected chi connectivity index (χ0v) is 11.4. The van der Waals surface area contributed by atoms with Crippen molar-refractivity contribution in [2.75, 3.05) is 6.61 Å². The molecule has 1 heterocycles. The molecule has 0 bridgehead atoms. The van der Waals surface area contributed by atoms with E-state index in [1.807, 2.05) is 0 Å². The molecule has 0 aliphatic carbocycles. The van der Waals surface area contributed by atoms with Crippen LogP contribution in [0.25, 0.3) is 0 Å². The van der Waals surface area contributed by atoms with Crippen molar-refractivity contribution in [3.05, 3.63) is 59.0 Å². The number of rotatable bonds is 5. The Bertz CT molecular complexity index is 540. The van der Waals surface area contributed by atoms with Crippen LogP contribution >= 0.6 is 11.6 Å². The molecule has 2 rings (SSSR count). The number of aliphatic hydroxyl groups is 1. The summed E-state index contributed by atoms with van der Waals surface area (Å²) in [6, 6.07) is 9.59. The minimum atomic E-state index is -0.483. The van der Waals surface area contributed by atoms with E-state index in [-0.39, 0.29) is 19.2 Å². The van der Waals surface area contributed by atoms with Crippen LogP contribution in [0.5, 0.6) is 0 Å². The summed E-state index contributed by atoms with van der Waals surface area (Å²) in [7, 11) is 0. The van der Waals surface area contributed by atoms with Gasteiger partial charge in [0.2, 0.25) is 0 Å². The van der Waals surface area contributed by atoms with Gasteiger partial charge >= 0.3 is 6.03 Å². The predicted molar refractivity (Wildman–Crippen MR) is 75.4 cm³/mol. The van der Waals surface area contributed by atoms with Crippen LogP contribution in [0.3, 0.4) is 0 Å². The van der Waals surface area contributed by atoms with E-state index < -0.39 is 6.04 Å². The van der Waals surface area contributed by atoms with Gasteiger partial charge in [0.1, 0.15) is 5.76 Å².